The van der Waals surface area contributed by atoms with E-state index in [4.69, 9.17) is 18.9 Å². The Labute approximate surface area is 233 Å². The molecule has 7 nitrogen and oxygen atoms in total. The number of carbonyl (C=O) groups excluding carboxylic acids is 2. The Morgan fingerprint density at radius 1 is 0.846 bits per heavy atom. The maximum Gasteiger partial charge on any atom is 0.293 e. The molecule has 2 amide bonds. The summed E-state index contributed by atoms with van der Waals surface area (Å²) in [5.41, 5.74) is 2.92. The largest absolute Gasteiger partial charge is 0.493 e. The Morgan fingerprint density at radius 3 is 2.33 bits per heavy atom. The van der Waals surface area contributed by atoms with E-state index in [9.17, 15) is 9.59 Å². The molecule has 204 valence electrons. The Hall–Kier alpha value is -3.91. The number of nitrogens with zero attached hydrogens (tertiary/aromatic N) is 1. The number of amides is 2. The zero-order chi connectivity index (χ0) is 27.8. The molecule has 0 atom stereocenters. The van der Waals surface area contributed by atoms with Crippen LogP contribution >= 0.6 is 11.8 Å². The highest BCUT2D eigenvalue weighted by Crippen LogP contribution is 2.35. The van der Waals surface area contributed by atoms with Crippen molar-refractivity contribution >= 4 is 29.0 Å². The highest BCUT2D eigenvalue weighted by Gasteiger charge is 2.35. The van der Waals surface area contributed by atoms with Crippen LogP contribution in [-0.2, 0) is 4.79 Å². The first-order chi connectivity index (χ1) is 18.9. The third-order valence-electron chi connectivity index (χ3n) is 6.08. The number of para-hydroxylation sites is 1. The summed E-state index contributed by atoms with van der Waals surface area (Å²) in [6.07, 6.45) is 1.69. The molecule has 1 saturated heterocycles. The fourth-order valence-electron chi connectivity index (χ4n) is 4.06. The van der Waals surface area contributed by atoms with Crippen molar-refractivity contribution in [2.75, 3.05) is 33.5 Å². The maximum absolute atomic E-state index is 13.0. The number of rotatable bonds is 12. The summed E-state index contributed by atoms with van der Waals surface area (Å²) < 4.78 is 23.0. The predicted molar refractivity (Wildman–Crippen MR) is 154 cm³/mol. The number of aryl methyl sites for hydroxylation is 1. The predicted octanol–water partition coefficient (Wildman–Crippen LogP) is 6.70. The Bertz CT molecular complexity index is 1340. The van der Waals surface area contributed by atoms with Crippen LogP contribution in [0.1, 0.15) is 36.5 Å². The van der Waals surface area contributed by atoms with E-state index in [1.807, 2.05) is 49.4 Å². The smallest absolute Gasteiger partial charge is 0.293 e. The van der Waals surface area contributed by atoms with Gasteiger partial charge in [-0.1, -0.05) is 50.2 Å². The summed E-state index contributed by atoms with van der Waals surface area (Å²) in [4.78, 5) is 27.2. The van der Waals surface area contributed by atoms with Crippen molar-refractivity contribution in [2.45, 2.75) is 26.7 Å². The summed E-state index contributed by atoms with van der Waals surface area (Å²) in [6.45, 7) is 7.34. The zero-order valence-corrected chi connectivity index (χ0v) is 23.5. The van der Waals surface area contributed by atoms with Gasteiger partial charge in [-0.25, -0.2) is 0 Å². The molecule has 0 radical (unpaired) electrons. The van der Waals surface area contributed by atoms with Crippen LogP contribution in [0.25, 0.3) is 6.08 Å². The van der Waals surface area contributed by atoms with Gasteiger partial charge in [0.25, 0.3) is 11.1 Å². The lowest BCUT2D eigenvalue weighted by Crippen LogP contribution is -2.32. The second-order valence-corrected chi connectivity index (χ2v) is 10.3. The van der Waals surface area contributed by atoms with E-state index in [0.717, 1.165) is 40.0 Å². The van der Waals surface area contributed by atoms with Crippen molar-refractivity contribution in [2.24, 2.45) is 0 Å². The van der Waals surface area contributed by atoms with E-state index < -0.39 is 0 Å². The summed E-state index contributed by atoms with van der Waals surface area (Å²) in [7, 11) is 1.55. The van der Waals surface area contributed by atoms with Crippen LogP contribution in [0.15, 0.2) is 71.6 Å². The van der Waals surface area contributed by atoms with Crippen LogP contribution in [0, 0.1) is 6.92 Å². The van der Waals surface area contributed by atoms with Crippen molar-refractivity contribution in [1.82, 2.24) is 4.90 Å². The van der Waals surface area contributed by atoms with Crippen LogP contribution in [0.4, 0.5) is 4.79 Å². The lowest BCUT2D eigenvalue weighted by Gasteiger charge is -2.17. The molecule has 1 fully saturated rings. The molecule has 39 heavy (non-hydrogen) atoms. The summed E-state index contributed by atoms with van der Waals surface area (Å²) >= 11 is 0.920. The quantitative estimate of drug-likeness (QED) is 0.184. The minimum absolute atomic E-state index is 0.175. The number of methoxy groups -OCH3 is 1. The van der Waals surface area contributed by atoms with E-state index in [2.05, 4.69) is 26.0 Å². The molecule has 1 aliphatic rings. The van der Waals surface area contributed by atoms with Crippen molar-refractivity contribution in [3.05, 3.63) is 88.3 Å². The Balaban J connectivity index is 1.34. The minimum atomic E-state index is -0.334. The average molecular weight is 548 g/mol. The molecule has 0 unspecified atom stereocenters. The van der Waals surface area contributed by atoms with Gasteiger partial charge in [-0.05, 0) is 77.7 Å². The van der Waals surface area contributed by atoms with E-state index in [1.54, 1.807) is 25.3 Å². The van der Waals surface area contributed by atoms with Gasteiger partial charge in [0.15, 0.2) is 11.5 Å². The van der Waals surface area contributed by atoms with Crippen molar-refractivity contribution in [3.63, 3.8) is 0 Å². The van der Waals surface area contributed by atoms with E-state index in [0.29, 0.717) is 35.5 Å². The number of hydrogen-bond donors (Lipinski definition) is 0. The van der Waals surface area contributed by atoms with Gasteiger partial charge in [0.2, 0.25) is 0 Å². The second kappa shape index (κ2) is 13.2. The molecule has 0 bridgehead atoms. The minimum Gasteiger partial charge on any atom is -0.493 e. The van der Waals surface area contributed by atoms with Crippen LogP contribution in [0.2, 0.25) is 0 Å². The van der Waals surface area contributed by atoms with Gasteiger partial charge in [0, 0.05) is 0 Å². The first kappa shape index (κ1) is 28.1. The number of thioether (sulfide) groups is 1. The molecule has 0 saturated carbocycles. The zero-order valence-electron chi connectivity index (χ0n) is 22.6. The molecule has 8 heteroatoms. The standard InChI is InChI=1S/C31H33NO6S/c1-21(2)25-12-10-22(3)18-27(25)37-15-14-32-30(33)29(39-31(32)34)20-23-11-13-26(28(19-23)35-4)38-17-16-36-24-8-6-5-7-9-24/h5-13,18-21H,14-17H2,1-4H3/b29-20-. The number of benzene rings is 3. The van der Waals surface area contributed by atoms with Gasteiger partial charge in [0.05, 0.1) is 18.6 Å². The lowest BCUT2D eigenvalue weighted by molar-refractivity contribution is -0.123. The fraction of sp³-hybridized carbons (Fsp3) is 0.290. The molecule has 4 rings (SSSR count). The summed E-state index contributed by atoms with van der Waals surface area (Å²) in [5, 5.41) is -0.312. The van der Waals surface area contributed by atoms with Crippen molar-refractivity contribution < 1.29 is 28.5 Å². The number of carbonyl (C=O) groups is 2. The van der Waals surface area contributed by atoms with Gasteiger partial charge in [-0.15, -0.1) is 0 Å². The molecule has 0 N–H and O–H groups in total. The number of ether oxygens (including phenoxy) is 4. The average Bonchev–Trinajstić information content (AvgIpc) is 3.19. The molecule has 0 aliphatic carbocycles. The van der Waals surface area contributed by atoms with Crippen LogP contribution < -0.4 is 18.9 Å². The first-order valence-corrected chi connectivity index (χ1v) is 13.6. The lowest BCUT2D eigenvalue weighted by atomic mass is 10.0. The van der Waals surface area contributed by atoms with Gasteiger partial charge in [-0.2, -0.15) is 0 Å². The van der Waals surface area contributed by atoms with Gasteiger partial charge in [-0.3, -0.25) is 14.5 Å². The number of imide groups is 1. The molecular weight excluding hydrogens is 514 g/mol. The molecule has 3 aromatic rings. The molecule has 1 heterocycles. The second-order valence-electron chi connectivity index (χ2n) is 9.30. The summed E-state index contributed by atoms with van der Waals surface area (Å²) in [6, 6.07) is 21.0. The van der Waals surface area contributed by atoms with E-state index in [-0.39, 0.29) is 24.3 Å². The summed E-state index contributed by atoms with van der Waals surface area (Å²) in [5.74, 6) is 2.62. The third-order valence-corrected chi connectivity index (χ3v) is 6.98. The first-order valence-electron chi connectivity index (χ1n) is 12.8. The van der Waals surface area contributed by atoms with Crippen LogP contribution in [0.3, 0.4) is 0 Å². The Kier molecular flexibility index (Phi) is 9.54. The van der Waals surface area contributed by atoms with Crippen molar-refractivity contribution in [1.29, 1.82) is 0 Å². The molecule has 0 spiro atoms. The third kappa shape index (κ3) is 7.35. The molecular formula is C31H33NO6S. The normalized spacial score (nSPS) is 14.3. The Morgan fingerprint density at radius 2 is 1.59 bits per heavy atom. The van der Waals surface area contributed by atoms with Gasteiger partial charge < -0.3 is 18.9 Å². The topological polar surface area (TPSA) is 74.3 Å². The van der Waals surface area contributed by atoms with Gasteiger partial charge >= 0.3 is 0 Å². The van der Waals surface area contributed by atoms with Crippen molar-refractivity contribution in [3.8, 4) is 23.0 Å². The number of hydrogen-bond acceptors (Lipinski definition) is 7. The fourth-order valence-corrected chi connectivity index (χ4v) is 4.92. The molecule has 1 aliphatic heterocycles. The highest BCUT2D eigenvalue weighted by atomic mass is 32.2. The maximum atomic E-state index is 13.0. The molecule has 0 aromatic heterocycles. The van der Waals surface area contributed by atoms with Gasteiger partial charge in [0.1, 0.15) is 31.3 Å². The highest BCUT2D eigenvalue weighted by molar-refractivity contribution is 8.18. The SMILES string of the molecule is COc1cc(/C=C2\SC(=O)N(CCOc3cc(C)ccc3C(C)C)C2=O)ccc1OCCOc1ccccc1. The van der Waals surface area contributed by atoms with E-state index in [1.165, 1.54) is 4.90 Å². The van der Waals surface area contributed by atoms with Crippen LogP contribution in [0.5, 0.6) is 23.0 Å². The monoisotopic (exact) mass is 547 g/mol. The van der Waals surface area contributed by atoms with Crippen LogP contribution in [-0.4, -0.2) is 49.5 Å². The van der Waals surface area contributed by atoms with E-state index >= 15 is 0 Å². The molecule has 3 aromatic carbocycles.